The standard InChI is InChI=1S/C18H38N2O2Si/c1-8-21-16(22-9-2)23-12-10-11-19-15-13-17(3,4)20(7)18(5,6)14-15/h15-16,19H,8-14H2,1-7H3. The molecule has 0 aromatic heterocycles. The quantitative estimate of drug-likeness (QED) is 0.376. The summed E-state index contributed by atoms with van der Waals surface area (Å²) in [4.78, 5) is 2.54. The summed E-state index contributed by atoms with van der Waals surface area (Å²) in [6.45, 7) is 16.1. The van der Waals surface area contributed by atoms with Crippen LogP contribution >= 0.6 is 0 Å². The number of likely N-dealkylation sites (tertiary alicyclic amines) is 1. The summed E-state index contributed by atoms with van der Waals surface area (Å²) in [5.41, 5.74) is 0.520. The van der Waals surface area contributed by atoms with Gasteiger partial charge in [0.15, 0.2) is 0 Å². The Bertz CT molecular complexity index is 313. The Morgan fingerprint density at radius 2 is 1.61 bits per heavy atom. The SMILES string of the molecule is CCOC(OCC)[Si]CCCNC1CC(C)(C)N(C)C(C)(C)C1. The van der Waals surface area contributed by atoms with Crippen molar-refractivity contribution >= 4 is 9.52 Å². The molecule has 0 aromatic carbocycles. The molecule has 0 saturated carbocycles. The van der Waals surface area contributed by atoms with E-state index in [0.29, 0.717) is 6.04 Å². The molecule has 2 radical (unpaired) electrons. The number of rotatable bonds is 10. The second-order valence-electron chi connectivity index (χ2n) is 7.79. The monoisotopic (exact) mass is 342 g/mol. The Morgan fingerprint density at radius 3 is 2.09 bits per heavy atom. The van der Waals surface area contributed by atoms with E-state index in [1.165, 1.54) is 25.3 Å². The molecule has 0 atom stereocenters. The van der Waals surface area contributed by atoms with Crippen LogP contribution in [0.5, 0.6) is 0 Å². The maximum Gasteiger partial charge on any atom is 0.137 e. The number of hydrogen-bond acceptors (Lipinski definition) is 4. The van der Waals surface area contributed by atoms with Crippen molar-refractivity contribution in [3.8, 4) is 0 Å². The van der Waals surface area contributed by atoms with Gasteiger partial charge in [0.05, 0.1) is 0 Å². The largest absolute Gasteiger partial charge is 0.357 e. The molecule has 0 spiro atoms. The molecule has 23 heavy (non-hydrogen) atoms. The van der Waals surface area contributed by atoms with Gasteiger partial charge in [0.25, 0.3) is 0 Å². The van der Waals surface area contributed by atoms with Gasteiger partial charge in [-0.05, 0) is 74.4 Å². The first kappa shape index (κ1) is 21.1. The fourth-order valence-electron chi connectivity index (χ4n) is 3.60. The van der Waals surface area contributed by atoms with Crippen molar-refractivity contribution in [1.82, 2.24) is 10.2 Å². The van der Waals surface area contributed by atoms with Crippen LogP contribution in [0.25, 0.3) is 0 Å². The van der Waals surface area contributed by atoms with Crippen LogP contribution < -0.4 is 5.32 Å². The highest BCUT2D eigenvalue weighted by Gasteiger charge is 2.42. The Kier molecular flexibility index (Phi) is 8.73. The van der Waals surface area contributed by atoms with Crippen molar-refractivity contribution in [3.63, 3.8) is 0 Å². The van der Waals surface area contributed by atoms with Crippen LogP contribution in [0.4, 0.5) is 0 Å². The van der Waals surface area contributed by atoms with Crippen molar-refractivity contribution in [2.24, 2.45) is 0 Å². The molecule has 0 aliphatic carbocycles. The number of nitrogens with one attached hydrogen (secondary N) is 1. The van der Waals surface area contributed by atoms with Crippen LogP contribution in [0.1, 0.15) is 60.8 Å². The molecular formula is C18H38N2O2Si. The average Bonchev–Trinajstić information content (AvgIpc) is 2.44. The molecule has 1 aliphatic rings. The molecule has 1 heterocycles. The molecule has 0 amide bonds. The smallest absolute Gasteiger partial charge is 0.137 e. The summed E-state index contributed by atoms with van der Waals surface area (Å²) in [7, 11) is 3.00. The summed E-state index contributed by atoms with van der Waals surface area (Å²) < 4.78 is 11.2. The van der Waals surface area contributed by atoms with E-state index in [1.807, 2.05) is 13.8 Å². The van der Waals surface area contributed by atoms with Gasteiger partial charge in [-0.1, -0.05) is 6.04 Å². The first-order chi connectivity index (χ1) is 10.7. The van der Waals surface area contributed by atoms with E-state index in [0.717, 1.165) is 29.3 Å². The van der Waals surface area contributed by atoms with Crippen LogP contribution in [0, 0.1) is 0 Å². The second kappa shape index (κ2) is 9.52. The van der Waals surface area contributed by atoms with E-state index in [-0.39, 0.29) is 17.0 Å². The van der Waals surface area contributed by atoms with Crippen molar-refractivity contribution in [3.05, 3.63) is 0 Å². The lowest BCUT2D eigenvalue weighted by Gasteiger charge is -2.53. The van der Waals surface area contributed by atoms with Gasteiger partial charge in [-0.3, -0.25) is 4.90 Å². The normalized spacial score (nSPS) is 21.9. The minimum absolute atomic E-state index is 0.00574. The third-order valence-electron chi connectivity index (χ3n) is 5.04. The second-order valence-corrected chi connectivity index (χ2v) is 9.17. The van der Waals surface area contributed by atoms with Crippen LogP contribution in [0.2, 0.25) is 6.04 Å². The maximum atomic E-state index is 5.61. The Labute approximate surface area is 146 Å². The molecular weight excluding hydrogens is 304 g/mol. The predicted molar refractivity (Wildman–Crippen MR) is 99.2 cm³/mol. The van der Waals surface area contributed by atoms with Crippen molar-refractivity contribution < 1.29 is 9.47 Å². The van der Waals surface area contributed by atoms with Crippen molar-refractivity contribution in [1.29, 1.82) is 0 Å². The van der Waals surface area contributed by atoms with Gasteiger partial charge in [0.2, 0.25) is 0 Å². The number of ether oxygens (including phenoxy) is 2. The first-order valence-electron chi connectivity index (χ1n) is 9.17. The molecule has 1 N–H and O–H groups in total. The highest BCUT2D eigenvalue weighted by Crippen LogP contribution is 2.36. The molecule has 0 aromatic rings. The van der Waals surface area contributed by atoms with Crippen LogP contribution in [0.3, 0.4) is 0 Å². The van der Waals surface area contributed by atoms with E-state index in [1.54, 1.807) is 0 Å². The van der Waals surface area contributed by atoms with E-state index < -0.39 is 0 Å². The third-order valence-corrected chi connectivity index (χ3v) is 6.35. The molecule has 1 rings (SSSR count). The molecule has 136 valence electrons. The minimum atomic E-state index is 0.00574. The van der Waals surface area contributed by atoms with Gasteiger partial charge in [0, 0.05) is 30.3 Å². The molecule has 0 unspecified atom stereocenters. The molecule has 5 heteroatoms. The van der Waals surface area contributed by atoms with E-state index >= 15 is 0 Å². The summed E-state index contributed by atoms with van der Waals surface area (Å²) >= 11 is 0. The summed E-state index contributed by atoms with van der Waals surface area (Å²) in [5, 5.41) is 3.79. The van der Waals surface area contributed by atoms with Crippen LogP contribution in [-0.4, -0.2) is 64.3 Å². The minimum Gasteiger partial charge on any atom is -0.357 e. The zero-order valence-corrected chi connectivity index (χ0v) is 17.4. The Hall–Kier alpha value is 0.0569. The van der Waals surface area contributed by atoms with Crippen LogP contribution in [-0.2, 0) is 9.47 Å². The number of nitrogens with zero attached hydrogens (tertiary/aromatic N) is 1. The van der Waals surface area contributed by atoms with Crippen molar-refractivity contribution in [2.45, 2.75) is 89.9 Å². The van der Waals surface area contributed by atoms with E-state index in [4.69, 9.17) is 9.47 Å². The summed E-state index contributed by atoms with van der Waals surface area (Å²) in [5.74, 6) is 0.00574. The number of piperidine rings is 1. The van der Waals surface area contributed by atoms with Gasteiger partial charge in [0.1, 0.15) is 15.4 Å². The third kappa shape index (κ3) is 6.82. The summed E-state index contributed by atoms with van der Waals surface area (Å²) in [6.07, 6.45) is 3.63. The number of hydrogen-bond donors (Lipinski definition) is 1. The van der Waals surface area contributed by atoms with Gasteiger partial charge >= 0.3 is 0 Å². The average molecular weight is 343 g/mol. The Morgan fingerprint density at radius 1 is 1.09 bits per heavy atom. The topological polar surface area (TPSA) is 33.7 Å². The molecule has 1 saturated heterocycles. The van der Waals surface area contributed by atoms with Crippen molar-refractivity contribution in [2.75, 3.05) is 26.8 Å². The van der Waals surface area contributed by atoms with Crippen LogP contribution in [0.15, 0.2) is 0 Å². The zero-order valence-electron chi connectivity index (χ0n) is 16.4. The van der Waals surface area contributed by atoms with E-state index in [2.05, 4.69) is 45.0 Å². The summed E-state index contributed by atoms with van der Waals surface area (Å²) in [6, 6.07) is 1.80. The fourth-order valence-corrected chi connectivity index (χ4v) is 4.78. The molecule has 4 nitrogen and oxygen atoms in total. The fraction of sp³-hybridized carbons (Fsp3) is 1.00. The molecule has 0 bridgehead atoms. The van der Waals surface area contributed by atoms with Gasteiger partial charge in [-0.15, -0.1) is 0 Å². The molecule has 1 fully saturated rings. The lowest BCUT2D eigenvalue weighted by atomic mass is 9.77. The lowest BCUT2D eigenvalue weighted by molar-refractivity contribution is -0.0827. The van der Waals surface area contributed by atoms with Gasteiger partial charge in [-0.25, -0.2) is 0 Å². The Balaban J connectivity index is 2.28. The predicted octanol–water partition coefficient (Wildman–Crippen LogP) is 3.10. The highest BCUT2D eigenvalue weighted by atomic mass is 28.2. The maximum absolute atomic E-state index is 5.61. The first-order valence-corrected chi connectivity index (χ1v) is 10.4. The van der Waals surface area contributed by atoms with Gasteiger partial charge < -0.3 is 14.8 Å². The lowest BCUT2D eigenvalue weighted by Crippen LogP contribution is -2.62. The zero-order chi connectivity index (χ0) is 17.5. The molecule has 1 aliphatic heterocycles. The highest BCUT2D eigenvalue weighted by molar-refractivity contribution is 6.36. The van der Waals surface area contributed by atoms with E-state index in [9.17, 15) is 0 Å². The van der Waals surface area contributed by atoms with Gasteiger partial charge in [-0.2, -0.15) is 0 Å².